The monoisotopic (exact) mass is 306 g/mol. The van der Waals surface area contributed by atoms with Crippen LogP contribution in [0.15, 0.2) is 47.5 Å². The van der Waals surface area contributed by atoms with E-state index in [2.05, 4.69) is 26.2 Å². The summed E-state index contributed by atoms with van der Waals surface area (Å²) in [6.45, 7) is 0. The first-order valence-corrected chi connectivity index (χ1v) is 6.47. The van der Waals surface area contributed by atoms with Crippen LogP contribution in [0.4, 0.5) is 5.69 Å². The SMILES string of the molecule is O=C(Nc1ccccc1CBr)c1c[nH]ccc1=O. The highest BCUT2D eigenvalue weighted by Gasteiger charge is 2.11. The molecule has 0 aliphatic rings. The van der Waals surface area contributed by atoms with Crippen LogP contribution in [0.2, 0.25) is 0 Å². The van der Waals surface area contributed by atoms with Crippen molar-refractivity contribution in [2.75, 3.05) is 5.32 Å². The lowest BCUT2D eigenvalue weighted by molar-refractivity contribution is 0.102. The molecule has 1 aromatic carbocycles. The van der Waals surface area contributed by atoms with Crippen molar-refractivity contribution in [1.29, 1.82) is 0 Å². The Morgan fingerprint density at radius 2 is 2.06 bits per heavy atom. The average molecular weight is 307 g/mol. The molecule has 0 aliphatic heterocycles. The number of aromatic amines is 1. The maximum atomic E-state index is 12.0. The molecular weight excluding hydrogens is 296 g/mol. The fourth-order valence-electron chi connectivity index (χ4n) is 1.54. The number of alkyl halides is 1. The van der Waals surface area contributed by atoms with Gasteiger partial charge in [-0.25, -0.2) is 0 Å². The molecule has 0 bridgehead atoms. The van der Waals surface area contributed by atoms with Crippen molar-refractivity contribution in [3.8, 4) is 0 Å². The number of nitrogens with one attached hydrogen (secondary N) is 2. The Kier molecular flexibility index (Phi) is 3.94. The van der Waals surface area contributed by atoms with Gasteiger partial charge < -0.3 is 10.3 Å². The summed E-state index contributed by atoms with van der Waals surface area (Å²) in [5.41, 5.74) is 1.45. The lowest BCUT2D eigenvalue weighted by Crippen LogP contribution is -2.21. The van der Waals surface area contributed by atoms with Crippen molar-refractivity contribution >= 4 is 27.5 Å². The lowest BCUT2D eigenvalue weighted by Gasteiger charge is -2.08. The van der Waals surface area contributed by atoms with Crippen molar-refractivity contribution < 1.29 is 4.79 Å². The van der Waals surface area contributed by atoms with E-state index in [1.165, 1.54) is 18.5 Å². The quantitative estimate of drug-likeness (QED) is 0.856. The molecule has 2 rings (SSSR count). The van der Waals surface area contributed by atoms with Gasteiger partial charge in [0.05, 0.1) is 0 Å². The van der Waals surface area contributed by atoms with Crippen molar-refractivity contribution in [3.05, 3.63) is 64.1 Å². The van der Waals surface area contributed by atoms with E-state index in [0.29, 0.717) is 11.0 Å². The summed E-state index contributed by atoms with van der Waals surface area (Å²) in [5, 5.41) is 3.36. The van der Waals surface area contributed by atoms with E-state index in [0.717, 1.165) is 5.56 Å². The summed E-state index contributed by atoms with van der Waals surface area (Å²) in [4.78, 5) is 26.2. The Bertz CT molecular complexity index is 622. The number of carbonyl (C=O) groups excluding carboxylic acids is 1. The molecule has 0 saturated carbocycles. The fourth-order valence-corrected chi connectivity index (χ4v) is 2.03. The number of aromatic nitrogens is 1. The maximum absolute atomic E-state index is 12.0. The van der Waals surface area contributed by atoms with Gasteiger partial charge in [-0.1, -0.05) is 34.1 Å². The number of pyridine rings is 1. The molecule has 92 valence electrons. The van der Waals surface area contributed by atoms with Crippen LogP contribution in [0.25, 0.3) is 0 Å². The number of amides is 1. The summed E-state index contributed by atoms with van der Waals surface area (Å²) < 4.78 is 0. The molecular formula is C13H11BrN2O2. The van der Waals surface area contributed by atoms with E-state index in [9.17, 15) is 9.59 Å². The summed E-state index contributed by atoms with van der Waals surface area (Å²) in [6.07, 6.45) is 2.89. The molecule has 4 nitrogen and oxygen atoms in total. The molecule has 0 atom stereocenters. The van der Waals surface area contributed by atoms with Crippen molar-refractivity contribution in [2.24, 2.45) is 0 Å². The lowest BCUT2D eigenvalue weighted by atomic mass is 10.2. The number of H-pyrrole nitrogens is 1. The second-order valence-electron chi connectivity index (χ2n) is 3.67. The highest BCUT2D eigenvalue weighted by Crippen LogP contribution is 2.18. The molecule has 1 aromatic heterocycles. The van der Waals surface area contributed by atoms with Crippen molar-refractivity contribution in [1.82, 2.24) is 4.98 Å². The Morgan fingerprint density at radius 1 is 1.28 bits per heavy atom. The Labute approximate surface area is 112 Å². The van der Waals surface area contributed by atoms with E-state index in [4.69, 9.17) is 0 Å². The van der Waals surface area contributed by atoms with Crippen LogP contribution in [-0.2, 0) is 5.33 Å². The normalized spacial score (nSPS) is 10.1. The predicted octanol–water partition coefficient (Wildman–Crippen LogP) is 2.52. The molecule has 0 radical (unpaired) electrons. The second-order valence-corrected chi connectivity index (χ2v) is 4.23. The van der Waals surface area contributed by atoms with Gasteiger partial charge in [0.25, 0.3) is 5.91 Å². The second kappa shape index (κ2) is 5.64. The van der Waals surface area contributed by atoms with Crippen LogP contribution < -0.4 is 10.7 Å². The molecule has 0 spiro atoms. The number of hydrogen-bond donors (Lipinski definition) is 2. The first-order valence-electron chi connectivity index (χ1n) is 5.34. The predicted molar refractivity (Wildman–Crippen MR) is 74.1 cm³/mol. The number of carbonyl (C=O) groups is 1. The molecule has 0 unspecified atom stereocenters. The molecule has 18 heavy (non-hydrogen) atoms. The maximum Gasteiger partial charge on any atom is 0.261 e. The summed E-state index contributed by atoms with van der Waals surface area (Å²) in [5.74, 6) is -0.412. The van der Waals surface area contributed by atoms with E-state index in [1.807, 2.05) is 18.2 Å². The summed E-state index contributed by atoms with van der Waals surface area (Å²) in [7, 11) is 0. The number of anilines is 1. The van der Waals surface area contributed by atoms with E-state index >= 15 is 0 Å². The molecule has 1 amide bonds. The molecule has 2 N–H and O–H groups in total. The van der Waals surface area contributed by atoms with Gasteiger partial charge in [0.15, 0.2) is 5.43 Å². The Morgan fingerprint density at radius 3 is 2.78 bits per heavy atom. The first-order chi connectivity index (χ1) is 8.72. The van der Waals surface area contributed by atoms with Gasteiger partial charge in [0, 0.05) is 29.5 Å². The van der Waals surface area contributed by atoms with E-state index in [-0.39, 0.29) is 11.0 Å². The molecule has 1 heterocycles. The van der Waals surface area contributed by atoms with Crippen LogP contribution in [0, 0.1) is 0 Å². The standard InChI is InChI=1S/C13H11BrN2O2/c14-7-9-3-1-2-4-11(9)16-13(18)10-8-15-6-5-12(10)17/h1-6,8H,7H2,(H,15,17)(H,16,18). The fraction of sp³-hybridized carbons (Fsp3) is 0.0769. The van der Waals surface area contributed by atoms with Gasteiger partial charge in [0.2, 0.25) is 0 Å². The number of halogens is 1. The average Bonchev–Trinajstić information content (AvgIpc) is 2.39. The molecule has 0 saturated heterocycles. The largest absolute Gasteiger partial charge is 0.367 e. The topological polar surface area (TPSA) is 62.0 Å². The van der Waals surface area contributed by atoms with Gasteiger partial charge >= 0.3 is 0 Å². The van der Waals surface area contributed by atoms with Crippen molar-refractivity contribution in [3.63, 3.8) is 0 Å². The van der Waals surface area contributed by atoms with Gasteiger partial charge in [-0.2, -0.15) is 0 Å². The smallest absolute Gasteiger partial charge is 0.261 e. The highest BCUT2D eigenvalue weighted by atomic mass is 79.9. The Balaban J connectivity index is 2.27. The highest BCUT2D eigenvalue weighted by molar-refractivity contribution is 9.08. The number of benzene rings is 1. The minimum Gasteiger partial charge on any atom is -0.367 e. The van der Waals surface area contributed by atoms with Gasteiger partial charge in [0.1, 0.15) is 5.56 Å². The van der Waals surface area contributed by atoms with Crippen molar-refractivity contribution in [2.45, 2.75) is 5.33 Å². The summed E-state index contributed by atoms with van der Waals surface area (Å²) in [6, 6.07) is 8.75. The number of hydrogen-bond acceptors (Lipinski definition) is 2. The van der Waals surface area contributed by atoms with Gasteiger partial charge in [-0.05, 0) is 11.6 Å². The molecule has 2 aromatic rings. The minimum absolute atomic E-state index is 0.0990. The van der Waals surface area contributed by atoms with Gasteiger partial charge in [-0.3, -0.25) is 9.59 Å². The van der Waals surface area contributed by atoms with E-state index in [1.54, 1.807) is 6.07 Å². The zero-order valence-electron chi connectivity index (χ0n) is 9.44. The van der Waals surface area contributed by atoms with E-state index < -0.39 is 5.91 Å². The molecule has 0 aliphatic carbocycles. The van der Waals surface area contributed by atoms with Crippen LogP contribution in [0.3, 0.4) is 0 Å². The zero-order chi connectivity index (χ0) is 13.0. The summed E-state index contributed by atoms with van der Waals surface area (Å²) >= 11 is 3.35. The number of rotatable bonds is 3. The van der Waals surface area contributed by atoms with Crippen LogP contribution >= 0.6 is 15.9 Å². The Hall–Kier alpha value is -1.88. The minimum atomic E-state index is -0.412. The third kappa shape index (κ3) is 2.68. The molecule has 0 fully saturated rings. The number of para-hydroxylation sites is 1. The first kappa shape index (κ1) is 12.6. The van der Waals surface area contributed by atoms with Gasteiger partial charge in [-0.15, -0.1) is 0 Å². The van der Waals surface area contributed by atoms with Crippen LogP contribution in [0.1, 0.15) is 15.9 Å². The molecule has 5 heteroatoms. The van der Waals surface area contributed by atoms with Crippen LogP contribution in [0.5, 0.6) is 0 Å². The zero-order valence-corrected chi connectivity index (χ0v) is 11.0. The van der Waals surface area contributed by atoms with Crippen LogP contribution in [-0.4, -0.2) is 10.9 Å². The third-order valence-corrected chi connectivity index (χ3v) is 3.08. The third-order valence-electron chi connectivity index (χ3n) is 2.48.